The van der Waals surface area contributed by atoms with Crippen molar-refractivity contribution in [3.05, 3.63) is 46.3 Å². The molecule has 4 rings (SSSR count). The number of benzene rings is 1. The lowest BCUT2D eigenvalue weighted by atomic mass is 9.82. The molecule has 0 bridgehead atoms. The minimum absolute atomic E-state index is 0.200. The number of ether oxygens (including phenoxy) is 2. The third kappa shape index (κ3) is 5.13. The summed E-state index contributed by atoms with van der Waals surface area (Å²) in [5.74, 6) is 1.24. The number of amidine groups is 1. The van der Waals surface area contributed by atoms with Crippen LogP contribution in [0, 0.1) is 5.92 Å². The van der Waals surface area contributed by atoms with Crippen molar-refractivity contribution in [3.63, 3.8) is 0 Å². The van der Waals surface area contributed by atoms with Gasteiger partial charge in [0, 0.05) is 29.2 Å². The normalized spacial score (nSPS) is 23.0. The molecule has 2 unspecified atom stereocenters. The Balaban J connectivity index is 1.57. The summed E-state index contributed by atoms with van der Waals surface area (Å²) in [6.45, 7) is 6.47. The van der Waals surface area contributed by atoms with Crippen LogP contribution in [-0.4, -0.2) is 46.7 Å². The number of carbonyl (C=O) groups is 2. The fraction of sp³-hybridized carbons (Fsp3) is 0.455. The van der Waals surface area contributed by atoms with Crippen LogP contribution in [0.5, 0.6) is 0 Å². The van der Waals surface area contributed by atoms with Gasteiger partial charge in [0.05, 0.1) is 6.61 Å². The van der Waals surface area contributed by atoms with Crippen LogP contribution < -0.4 is 10.6 Å². The van der Waals surface area contributed by atoms with E-state index < -0.39 is 17.2 Å². The monoisotopic (exact) mass is 474 g/mol. The van der Waals surface area contributed by atoms with Crippen LogP contribution in [0.15, 0.2) is 40.7 Å². The second kappa shape index (κ2) is 9.21. The molecule has 0 spiro atoms. The largest absolute Gasteiger partial charge is 0.444 e. The zero-order valence-corrected chi connectivity index (χ0v) is 19.8. The molecule has 170 valence electrons. The van der Waals surface area contributed by atoms with Crippen LogP contribution in [0.3, 0.4) is 0 Å². The Morgan fingerprint density at radius 2 is 2.00 bits per heavy atom. The Labute approximate surface area is 195 Å². The van der Waals surface area contributed by atoms with Crippen molar-refractivity contribution in [2.75, 3.05) is 24.3 Å². The van der Waals surface area contributed by atoms with Gasteiger partial charge in [0.2, 0.25) is 0 Å². The summed E-state index contributed by atoms with van der Waals surface area (Å²) in [6, 6.07) is 9.05. The van der Waals surface area contributed by atoms with E-state index in [0.717, 1.165) is 17.2 Å². The first-order valence-electron chi connectivity index (χ1n) is 10.4. The van der Waals surface area contributed by atoms with E-state index in [9.17, 15) is 9.59 Å². The number of aliphatic imine (C=N–C) groups is 1. The number of carbonyl (C=O) groups excluding carboxylic acids is 2. The van der Waals surface area contributed by atoms with Gasteiger partial charge in [-0.1, -0.05) is 30.0 Å². The van der Waals surface area contributed by atoms with Crippen LogP contribution in [-0.2, 0) is 15.0 Å². The maximum Gasteiger partial charge on any atom is 0.413 e. The summed E-state index contributed by atoms with van der Waals surface area (Å²) in [4.78, 5) is 34.4. The van der Waals surface area contributed by atoms with Crippen molar-refractivity contribution in [2.24, 2.45) is 10.9 Å². The lowest BCUT2D eigenvalue weighted by Gasteiger charge is -2.42. The van der Waals surface area contributed by atoms with E-state index in [0.29, 0.717) is 29.8 Å². The number of nitrogens with one attached hydrogen (secondary N) is 2. The maximum atomic E-state index is 12.6. The number of aromatic nitrogens is 1. The number of rotatable bonds is 3. The summed E-state index contributed by atoms with van der Waals surface area (Å²) in [7, 11) is 0. The smallest absolute Gasteiger partial charge is 0.413 e. The number of anilines is 1. The Morgan fingerprint density at radius 1 is 1.22 bits per heavy atom. The fourth-order valence-electron chi connectivity index (χ4n) is 3.59. The number of hydrogen-bond donors (Lipinski definition) is 2. The average molecular weight is 475 g/mol. The molecule has 2 aliphatic heterocycles. The topological polar surface area (TPSA) is 102 Å². The van der Waals surface area contributed by atoms with Crippen molar-refractivity contribution in [3.8, 4) is 0 Å². The van der Waals surface area contributed by atoms with Crippen LogP contribution in [0.2, 0.25) is 0 Å². The Hall–Kier alpha value is -2.43. The van der Waals surface area contributed by atoms with Crippen molar-refractivity contribution in [1.82, 2.24) is 10.3 Å². The molecule has 10 heteroatoms. The van der Waals surface area contributed by atoms with Gasteiger partial charge in [-0.3, -0.25) is 10.1 Å². The van der Waals surface area contributed by atoms with Crippen molar-refractivity contribution >= 4 is 46.1 Å². The SMILES string of the molecule is CC(C)(C)OC(=O)Nc1csc(C23COCCC2CSC(NC(=O)c2ccccc2)=N3)n1. The standard InChI is InChI=1S/C22H26N4O4S2/c1-21(2,3)30-20(28)24-16-12-31-18(23-16)22-13-29-10-9-15(22)11-32-19(26-22)25-17(27)14-7-5-4-6-8-14/h4-8,12,15H,9-11,13H2,1-3H3,(H,24,28)(H,25,26,27). The van der Waals surface area contributed by atoms with Gasteiger partial charge in [-0.2, -0.15) is 0 Å². The number of thioether (sulfide) groups is 1. The van der Waals surface area contributed by atoms with Crippen LogP contribution >= 0.6 is 23.1 Å². The van der Waals surface area contributed by atoms with Crippen molar-refractivity contribution < 1.29 is 19.1 Å². The number of nitrogens with zero attached hydrogens (tertiary/aromatic N) is 2. The Kier molecular flexibility index (Phi) is 6.55. The molecule has 3 heterocycles. The quantitative estimate of drug-likeness (QED) is 0.689. The summed E-state index contributed by atoms with van der Waals surface area (Å²) < 4.78 is 11.1. The fourth-order valence-corrected chi connectivity index (χ4v) is 5.75. The predicted molar refractivity (Wildman–Crippen MR) is 126 cm³/mol. The lowest BCUT2D eigenvalue weighted by Crippen LogP contribution is -2.48. The molecule has 1 aromatic heterocycles. The number of hydrogen-bond acceptors (Lipinski definition) is 8. The van der Waals surface area contributed by atoms with Crippen LogP contribution in [0.1, 0.15) is 42.6 Å². The van der Waals surface area contributed by atoms with Crippen molar-refractivity contribution in [1.29, 1.82) is 0 Å². The first-order valence-corrected chi connectivity index (χ1v) is 12.2. The van der Waals surface area contributed by atoms with Crippen molar-refractivity contribution in [2.45, 2.75) is 38.3 Å². The third-order valence-corrected chi connectivity index (χ3v) is 7.14. The number of thiazole rings is 1. The maximum absolute atomic E-state index is 12.6. The molecule has 2 aliphatic rings. The molecule has 0 aliphatic carbocycles. The Bertz CT molecular complexity index is 1020. The van der Waals surface area contributed by atoms with Gasteiger partial charge in [0.25, 0.3) is 5.91 Å². The highest BCUT2D eigenvalue weighted by Crippen LogP contribution is 2.46. The molecular formula is C22H26N4O4S2. The van der Waals surface area contributed by atoms with E-state index in [-0.39, 0.29) is 11.8 Å². The van der Waals surface area contributed by atoms with E-state index in [4.69, 9.17) is 14.5 Å². The minimum atomic E-state index is -0.693. The predicted octanol–water partition coefficient (Wildman–Crippen LogP) is 4.25. The van der Waals surface area contributed by atoms with Gasteiger partial charge in [0.1, 0.15) is 22.0 Å². The zero-order valence-electron chi connectivity index (χ0n) is 18.2. The summed E-state index contributed by atoms with van der Waals surface area (Å²) in [5.41, 5.74) is -0.716. The lowest BCUT2D eigenvalue weighted by molar-refractivity contribution is 0.00435. The van der Waals surface area contributed by atoms with E-state index in [1.807, 2.05) is 39.0 Å². The molecule has 8 nitrogen and oxygen atoms in total. The minimum Gasteiger partial charge on any atom is -0.444 e. The molecule has 2 N–H and O–H groups in total. The third-order valence-electron chi connectivity index (χ3n) is 5.09. The number of amides is 2. The van der Waals surface area contributed by atoms with E-state index in [1.54, 1.807) is 17.5 Å². The molecule has 0 radical (unpaired) electrons. The number of fused-ring (bicyclic) bond motifs is 1. The summed E-state index contributed by atoms with van der Waals surface area (Å²) in [5, 5.41) is 8.70. The van der Waals surface area contributed by atoms with Gasteiger partial charge < -0.3 is 14.8 Å². The second-order valence-corrected chi connectivity index (χ2v) is 10.5. The van der Waals surface area contributed by atoms with Crippen LogP contribution in [0.4, 0.5) is 10.6 Å². The summed E-state index contributed by atoms with van der Waals surface area (Å²) in [6.07, 6.45) is 0.298. The molecule has 2 aromatic rings. The van der Waals surface area contributed by atoms with E-state index in [1.165, 1.54) is 23.1 Å². The van der Waals surface area contributed by atoms with Gasteiger partial charge >= 0.3 is 6.09 Å². The highest BCUT2D eigenvalue weighted by molar-refractivity contribution is 8.13. The van der Waals surface area contributed by atoms with Gasteiger partial charge in [-0.05, 0) is 39.3 Å². The molecular weight excluding hydrogens is 448 g/mol. The highest BCUT2D eigenvalue weighted by atomic mass is 32.2. The molecule has 1 saturated heterocycles. The first-order chi connectivity index (χ1) is 15.2. The van der Waals surface area contributed by atoms with E-state index >= 15 is 0 Å². The molecule has 0 saturated carbocycles. The van der Waals surface area contributed by atoms with E-state index in [2.05, 4.69) is 15.6 Å². The molecule has 2 amide bonds. The van der Waals surface area contributed by atoms with Gasteiger partial charge in [0.15, 0.2) is 5.17 Å². The summed E-state index contributed by atoms with van der Waals surface area (Å²) >= 11 is 2.96. The highest BCUT2D eigenvalue weighted by Gasteiger charge is 2.48. The molecule has 2 atom stereocenters. The van der Waals surface area contributed by atoms with Crippen LogP contribution in [0.25, 0.3) is 0 Å². The Morgan fingerprint density at radius 3 is 2.75 bits per heavy atom. The zero-order chi connectivity index (χ0) is 22.8. The molecule has 1 fully saturated rings. The molecule has 32 heavy (non-hydrogen) atoms. The first kappa shape index (κ1) is 22.8. The van der Waals surface area contributed by atoms with Gasteiger partial charge in [-0.15, -0.1) is 11.3 Å². The molecule has 1 aromatic carbocycles. The second-order valence-electron chi connectivity index (χ2n) is 8.68. The average Bonchev–Trinajstić information content (AvgIpc) is 3.22. The van der Waals surface area contributed by atoms with Gasteiger partial charge in [-0.25, -0.2) is 14.8 Å².